The number of rotatable bonds is 3. The van der Waals surface area contributed by atoms with E-state index in [0.717, 1.165) is 18.7 Å². The Bertz CT molecular complexity index is 479. The third-order valence-electron chi connectivity index (χ3n) is 3.52. The van der Waals surface area contributed by atoms with Gasteiger partial charge in [0, 0.05) is 50.7 Å². The largest absolute Gasteiger partial charge is 0.444 e. The Morgan fingerprint density at radius 1 is 1.36 bits per heavy atom. The van der Waals surface area contributed by atoms with E-state index in [2.05, 4.69) is 9.88 Å². The predicted octanol–water partition coefficient (Wildman–Crippen LogP) is 1.67. The summed E-state index contributed by atoms with van der Waals surface area (Å²) < 4.78 is 5.37. The number of amides is 1. The number of carbonyl (C=O) groups is 1. The van der Waals surface area contributed by atoms with Gasteiger partial charge in [0.15, 0.2) is 0 Å². The zero-order valence-electron chi connectivity index (χ0n) is 13.5. The number of piperazine rings is 1. The number of ether oxygens (including phenoxy) is 1. The zero-order valence-corrected chi connectivity index (χ0v) is 13.5. The fourth-order valence-electron chi connectivity index (χ4n) is 2.36. The van der Waals surface area contributed by atoms with E-state index in [1.807, 2.05) is 32.9 Å². The Morgan fingerprint density at radius 2 is 2.05 bits per heavy atom. The Balaban J connectivity index is 1.79. The zero-order chi connectivity index (χ0) is 16.2. The van der Waals surface area contributed by atoms with Crippen molar-refractivity contribution in [2.75, 3.05) is 32.7 Å². The summed E-state index contributed by atoms with van der Waals surface area (Å²) in [6, 6.07) is 3.69. The lowest BCUT2D eigenvalue weighted by Gasteiger charge is -2.36. The molecular weight excluding hydrogens is 282 g/mol. The van der Waals surface area contributed by atoms with Crippen molar-refractivity contribution in [1.29, 1.82) is 0 Å². The van der Waals surface area contributed by atoms with Gasteiger partial charge in [-0.05, 0) is 26.8 Å². The van der Waals surface area contributed by atoms with Crippen LogP contribution < -0.4 is 0 Å². The molecule has 1 N–H and O–H groups in total. The van der Waals surface area contributed by atoms with Crippen molar-refractivity contribution in [3.63, 3.8) is 0 Å². The molecule has 0 spiro atoms. The topological polar surface area (TPSA) is 65.9 Å². The highest BCUT2D eigenvalue weighted by Crippen LogP contribution is 2.15. The molecule has 0 bridgehead atoms. The maximum Gasteiger partial charge on any atom is 0.410 e. The number of pyridine rings is 1. The predicted molar refractivity (Wildman–Crippen MR) is 83.4 cm³/mol. The summed E-state index contributed by atoms with van der Waals surface area (Å²) in [7, 11) is 0. The first-order chi connectivity index (χ1) is 10.3. The monoisotopic (exact) mass is 307 g/mol. The van der Waals surface area contributed by atoms with Crippen LogP contribution in [0.2, 0.25) is 0 Å². The molecule has 1 atom stereocenters. The van der Waals surface area contributed by atoms with Crippen LogP contribution in [0.15, 0.2) is 24.5 Å². The molecule has 1 unspecified atom stereocenters. The maximum absolute atomic E-state index is 12.0. The smallest absolute Gasteiger partial charge is 0.410 e. The molecule has 122 valence electrons. The third kappa shape index (κ3) is 4.96. The van der Waals surface area contributed by atoms with Crippen LogP contribution >= 0.6 is 0 Å². The van der Waals surface area contributed by atoms with Crippen molar-refractivity contribution < 1.29 is 14.6 Å². The fourth-order valence-corrected chi connectivity index (χ4v) is 2.36. The second kappa shape index (κ2) is 7.07. The molecule has 1 fully saturated rings. The molecular formula is C16H25N3O3. The SMILES string of the molecule is CC(C)(C)OC(=O)N1CCN(CC(O)c2cccnc2)CC1. The van der Waals surface area contributed by atoms with Crippen LogP contribution in [0.1, 0.15) is 32.4 Å². The fraction of sp³-hybridized carbons (Fsp3) is 0.625. The van der Waals surface area contributed by atoms with Crippen molar-refractivity contribution in [3.8, 4) is 0 Å². The molecule has 0 aliphatic carbocycles. The minimum atomic E-state index is -0.554. The summed E-state index contributed by atoms with van der Waals surface area (Å²) in [4.78, 5) is 19.9. The van der Waals surface area contributed by atoms with Gasteiger partial charge >= 0.3 is 6.09 Å². The summed E-state index contributed by atoms with van der Waals surface area (Å²) in [5.41, 5.74) is 0.349. The van der Waals surface area contributed by atoms with Crippen LogP contribution in [0.3, 0.4) is 0 Å². The van der Waals surface area contributed by atoms with E-state index in [1.165, 1.54) is 0 Å². The third-order valence-corrected chi connectivity index (χ3v) is 3.52. The summed E-state index contributed by atoms with van der Waals surface area (Å²) in [5, 5.41) is 10.2. The molecule has 2 heterocycles. The number of hydrogen-bond acceptors (Lipinski definition) is 5. The number of aliphatic hydroxyl groups excluding tert-OH is 1. The highest BCUT2D eigenvalue weighted by Gasteiger charge is 2.26. The molecule has 0 aromatic carbocycles. The Hall–Kier alpha value is -1.66. The standard InChI is InChI=1S/C16H25N3O3/c1-16(2,3)22-15(21)19-9-7-18(8-10-19)12-14(20)13-5-4-6-17-11-13/h4-6,11,14,20H,7-10,12H2,1-3H3. The first kappa shape index (κ1) is 16.7. The van der Waals surface area contributed by atoms with Gasteiger partial charge in [0.1, 0.15) is 5.60 Å². The maximum atomic E-state index is 12.0. The lowest BCUT2D eigenvalue weighted by atomic mass is 10.1. The highest BCUT2D eigenvalue weighted by molar-refractivity contribution is 5.68. The molecule has 2 rings (SSSR count). The second-order valence-corrected chi connectivity index (χ2v) is 6.57. The van der Waals surface area contributed by atoms with Gasteiger partial charge in [-0.2, -0.15) is 0 Å². The van der Waals surface area contributed by atoms with Gasteiger partial charge in [0.25, 0.3) is 0 Å². The van der Waals surface area contributed by atoms with Gasteiger partial charge in [0.05, 0.1) is 6.10 Å². The average molecular weight is 307 g/mol. The highest BCUT2D eigenvalue weighted by atomic mass is 16.6. The van der Waals surface area contributed by atoms with Crippen LogP contribution in [0.5, 0.6) is 0 Å². The van der Waals surface area contributed by atoms with Gasteiger partial charge in [-0.3, -0.25) is 9.88 Å². The van der Waals surface area contributed by atoms with Gasteiger partial charge < -0.3 is 14.7 Å². The first-order valence-electron chi connectivity index (χ1n) is 7.63. The average Bonchev–Trinajstić information content (AvgIpc) is 2.47. The Labute approximate surface area is 131 Å². The molecule has 1 aliphatic rings. The normalized spacial score (nSPS) is 18.1. The van der Waals surface area contributed by atoms with Gasteiger partial charge in [0.2, 0.25) is 0 Å². The van der Waals surface area contributed by atoms with Crippen LogP contribution in [-0.2, 0) is 4.74 Å². The number of aromatic nitrogens is 1. The first-order valence-corrected chi connectivity index (χ1v) is 7.63. The molecule has 1 amide bonds. The minimum Gasteiger partial charge on any atom is -0.444 e. The van der Waals surface area contributed by atoms with Crippen LogP contribution in [-0.4, -0.2) is 64.3 Å². The van der Waals surface area contributed by atoms with Crippen LogP contribution in [0.25, 0.3) is 0 Å². The molecule has 0 radical (unpaired) electrons. The van der Waals surface area contributed by atoms with E-state index in [1.54, 1.807) is 17.3 Å². The van der Waals surface area contributed by atoms with E-state index in [9.17, 15) is 9.90 Å². The molecule has 1 aromatic rings. The summed E-state index contributed by atoms with van der Waals surface area (Å²) >= 11 is 0. The van der Waals surface area contributed by atoms with Gasteiger partial charge in [-0.15, -0.1) is 0 Å². The van der Waals surface area contributed by atoms with Crippen LogP contribution in [0.4, 0.5) is 4.79 Å². The Morgan fingerprint density at radius 3 is 2.59 bits per heavy atom. The number of aliphatic hydroxyl groups is 1. The quantitative estimate of drug-likeness (QED) is 0.920. The lowest BCUT2D eigenvalue weighted by Crippen LogP contribution is -2.50. The van der Waals surface area contributed by atoms with E-state index in [0.29, 0.717) is 19.6 Å². The second-order valence-electron chi connectivity index (χ2n) is 6.57. The van der Waals surface area contributed by atoms with E-state index in [4.69, 9.17) is 4.74 Å². The van der Waals surface area contributed by atoms with Crippen molar-refractivity contribution in [2.24, 2.45) is 0 Å². The minimum absolute atomic E-state index is 0.264. The van der Waals surface area contributed by atoms with Crippen LogP contribution in [0, 0.1) is 0 Å². The molecule has 1 aromatic heterocycles. The summed E-state index contributed by atoms with van der Waals surface area (Å²) in [6.07, 6.45) is 2.55. The number of hydrogen-bond donors (Lipinski definition) is 1. The molecule has 1 saturated heterocycles. The van der Waals surface area contributed by atoms with Gasteiger partial charge in [-0.1, -0.05) is 6.07 Å². The van der Waals surface area contributed by atoms with Crippen molar-refractivity contribution >= 4 is 6.09 Å². The van der Waals surface area contributed by atoms with E-state index in [-0.39, 0.29) is 6.09 Å². The van der Waals surface area contributed by atoms with E-state index >= 15 is 0 Å². The summed E-state index contributed by atoms with van der Waals surface area (Å²) in [5.74, 6) is 0. The molecule has 6 nitrogen and oxygen atoms in total. The van der Waals surface area contributed by atoms with Crippen molar-refractivity contribution in [1.82, 2.24) is 14.8 Å². The van der Waals surface area contributed by atoms with Gasteiger partial charge in [-0.25, -0.2) is 4.79 Å². The molecule has 6 heteroatoms. The van der Waals surface area contributed by atoms with Crippen molar-refractivity contribution in [2.45, 2.75) is 32.5 Å². The Kier molecular flexibility index (Phi) is 5.37. The van der Waals surface area contributed by atoms with Crippen molar-refractivity contribution in [3.05, 3.63) is 30.1 Å². The molecule has 22 heavy (non-hydrogen) atoms. The molecule has 0 saturated carbocycles. The summed E-state index contributed by atoms with van der Waals surface area (Å²) in [6.45, 7) is 8.85. The van der Waals surface area contributed by atoms with E-state index < -0.39 is 11.7 Å². The number of β-amino-alcohol motifs (C(OH)–C–C–N with tert-alkyl or cyclic N) is 1. The lowest BCUT2D eigenvalue weighted by molar-refractivity contribution is 0.0101. The number of nitrogens with zero attached hydrogens (tertiary/aromatic N) is 3. The number of carbonyl (C=O) groups excluding carboxylic acids is 1. The molecule has 1 aliphatic heterocycles.